The predicted molar refractivity (Wildman–Crippen MR) is 45.4 cm³/mol. The molecule has 0 aromatic rings. The number of carboxylic acids is 1. The molecular weight excluding hydrogens is 174 g/mol. The normalized spacial score (nSPS) is 27.1. The van der Waals surface area contributed by atoms with Gasteiger partial charge in [-0.25, -0.2) is 0 Å². The van der Waals surface area contributed by atoms with E-state index in [1.807, 2.05) is 0 Å². The Balaban J connectivity index is 2.50. The minimum atomic E-state index is -0.819. The van der Waals surface area contributed by atoms with Crippen molar-refractivity contribution in [2.75, 3.05) is 20.8 Å². The largest absolute Gasteiger partial charge is 0.480 e. The third-order valence-corrected chi connectivity index (χ3v) is 2.47. The molecule has 1 saturated heterocycles. The molecule has 1 heterocycles. The Morgan fingerprint density at radius 3 is 2.46 bits per heavy atom. The first-order chi connectivity index (χ1) is 6.13. The third kappa shape index (κ3) is 2.18. The van der Waals surface area contributed by atoms with Gasteiger partial charge in [0, 0.05) is 20.6 Å². The van der Waals surface area contributed by atoms with Gasteiger partial charge in [-0.3, -0.25) is 10.1 Å². The first-order valence-corrected chi connectivity index (χ1v) is 4.20. The second-order valence-electron chi connectivity index (χ2n) is 3.13. The highest BCUT2D eigenvalue weighted by Crippen LogP contribution is 2.23. The Kier molecular flexibility index (Phi) is 3.24. The summed E-state index contributed by atoms with van der Waals surface area (Å²) in [5.74, 6) is -1.47. The number of carboxylic acid groups (broad SMARTS) is 1. The number of piperidine rings is 1. The summed E-state index contributed by atoms with van der Waals surface area (Å²) >= 11 is 0. The van der Waals surface area contributed by atoms with E-state index in [0.717, 1.165) is 0 Å². The molecule has 2 N–H and O–H groups in total. The number of rotatable bonds is 3. The van der Waals surface area contributed by atoms with E-state index in [0.29, 0.717) is 19.4 Å². The highest BCUT2D eigenvalue weighted by molar-refractivity contribution is 5.73. The van der Waals surface area contributed by atoms with E-state index >= 15 is 0 Å². The highest BCUT2D eigenvalue weighted by atomic mass is 16.7. The van der Waals surface area contributed by atoms with E-state index in [1.165, 1.54) is 0 Å². The van der Waals surface area contributed by atoms with Crippen molar-refractivity contribution >= 4 is 5.97 Å². The fraction of sp³-hybridized carbons (Fsp3) is 0.875. The van der Waals surface area contributed by atoms with Gasteiger partial charge in [0.05, 0.1) is 6.54 Å². The zero-order chi connectivity index (χ0) is 9.90. The van der Waals surface area contributed by atoms with E-state index < -0.39 is 17.8 Å². The summed E-state index contributed by atoms with van der Waals surface area (Å²) < 4.78 is 10.4. The molecule has 1 atom stereocenters. The molecule has 0 saturated carbocycles. The summed E-state index contributed by atoms with van der Waals surface area (Å²) in [7, 11) is 3.12. The molecule has 0 aromatic carbocycles. The van der Waals surface area contributed by atoms with Crippen LogP contribution in [0.4, 0.5) is 0 Å². The molecule has 76 valence electrons. The summed E-state index contributed by atoms with van der Waals surface area (Å²) in [6.07, 6.45) is 1.13. The summed E-state index contributed by atoms with van der Waals surface area (Å²) in [5, 5.41) is 11.6. The van der Waals surface area contributed by atoms with Crippen LogP contribution in [0.1, 0.15) is 12.8 Å². The molecule has 0 radical (unpaired) electrons. The molecule has 0 aromatic heterocycles. The second-order valence-corrected chi connectivity index (χ2v) is 3.13. The lowest BCUT2D eigenvalue weighted by Crippen LogP contribution is -2.54. The smallest absolute Gasteiger partial charge is 0.320 e. The molecule has 1 unspecified atom stereocenters. The van der Waals surface area contributed by atoms with E-state index in [9.17, 15) is 4.79 Å². The fourth-order valence-electron chi connectivity index (χ4n) is 1.48. The Labute approximate surface area is 77.0 Å². The van der Waals surface area contributed by atoms with Crippen LogP contribution in [0.15, 0.2) is 0 Å². The van der Waals surface area contributed by atoms with Gasteiger partial charge < -0.3 is 14.6 Å². The van der Waals surface area contributed by atoms with Crippen LogP contribution in [0, 0.1) is 0 Å². The van der Waals surface area contributed by atoms with Crippen LogP contribution in [0.25, 0.3) is 0 Å². The monoisotopic (exact) mass is 189 g/mol. The van der Waals surface area contributed by atoms with Crippen molar-refractivity contribution in [1.29, 1.82) is 0 Å². The number of methoxy groups -OCH3 is 2. The molecule has 0 amide bonds. The van der Waals surface area contributed by atoms with Crippen molar-refractivity contribution in [3.8, 4) is 0 Å². The van der Waals surface area contributed by atoms with Crippen LogP contribution in [0.5, 0.6) is 0 Å². The Morgan fingerprint density at radius 2 is 2.15 bits per heavy atom. The Morgan fingerprint density at radius 1 is 1.54 bits per heavy atom. The summed E-state index contributed by atoms with van der Waals surface area (Å²) in [6.45, 7) is 0.414. The Hall–Kier alpha value is -0.650. The number of hydrogen-bond donors (Lipinski definition) is 2. The van der Waals surface area contributed by atoms with Crippen LogP contribution in [0.2, 0.25) is 0 Å². The number of hydrogen-bond acceptors (Lipinski definition) is 4. The zero-order valence-electron chi connectivity index (χ0n) is 7.87. The zero-order valence-corrected chi connectivity index (χ0v) is 7.87. The van der Waals surface area contributed by atoms with Gasteiger partial charge in [-0.1, -0.05) is 0 Å². The minimum Gasteiger partial charge on any atom is -0.480 e. The maximum absolute atomic E-state index is 10.6. The van der Waals surface area contributed by atoms with Crippen molar-refractivity contribution in [3.05, 3.63) is 0 Å². The topological polar surface area (TPSA) is 67.8 Å². The van der Waals surface area contributed by atoms with Crippen molar-refractivity contribution in [2.45, 2.75) is 24.7 Å². The van der Waals surface area contributed by atoms with Gasteiger partial charge >= 0.3 is 5.97 Å². The predicted octanol–water partition coefficient (Wildman–Crippen LogP) is -0.188. The van der Waals surface area contributed by atoms with Gasteiger partial charge in [-0.15, -0.1) is 0 Å². The summed E-state index contributed by atoms with van der Waals surface area (Å²) in [6, 6.07) is -0.474. The van der Waals surface area contributed by atoms with Gasteiger partial charge in [-0.05, 0) is 6.42 Å². The average Bonchev–Trinajstić information content (AvgIpc) is 2.18. The van der Waals surface area contributed by atoms with Gasteiger partial charge in [0.25, 0.3) is 0 Å². The molecule has 0 aliphatic carbocycles. The van der Waals surface area contributed by atoms with Crippen LogP contribution in [-0.2, 0) is 14.3 Å². The van der Waals surface area contributed by atoms with Crippen LogP contribution >= 0.6 is 0 Å². The third-order valence-electron chi connectivity index (χ3n) is 2.47. The molecule has 0 bridgehead atoms. The van der Waals surface area contributed by atoms with E-state index in [2.05, 4.69) is 5.32 Å². The van der Waals surface area contributed by atoms with Crippen LogP contribution in [-0.4, -0.2) is 43.7 Å². The maximum Gasteiger partial charge on any atom is 0.320 e. The number of ether oxygens (including phenoxy) is 2. The Bertz CT molecular complexity index is 181. The van der Waals surface area contributed by atoms with E-state index in [4.69, 9.17) is 14.6 Å². The van der Waals surface area contributed by atoms with Crippen molar-refractivity contribution in [2.24, 2.45) is 0 Å². The van der Waals surface area contributed by atoms with Crippen molar-refractivity contribution < 1.29 is 19.4 Å². The SMILES string of the molecule is COC1(OC)CCC(C(=O)O)NC1. The first-order valence-electron chi connectivity index (χ1n) is 4.20. The molecule has 13 heavy (non-hydrogen) atoms. The van der Waals surface area contributed by atoms with Crippen molar-refractivity contribution in [3.63, 3.8) is 0 Å². The number of nitrogens with one attached hydrogen (secondary N) is 1. The lowest BCUT2D eigenvalue weighted by Gasteiger charge is -2.37. The van der Waals surface area contributed by atoms with Gasteiger partial charge in [-0.2, -0.15) is 0 Å². The van der Waals surface area contributed by atoms with Gasteiger partial charge in [0.1, 0.15) is 6.04 Å². The molecule has 0 spiro atoms. The van der Waals surface area contributed by atoms with Gasteiger partial charge in [0.15, 0.2) is 5.79 Å². The van der Waals surface area contributed by atoms with Crippen LogP contribution in [0.3, 0.4) is 0 Å². The van der Waals surface area contributed by atoms with E-state index in [1.54, 1.807) is 14.2 Å². The van der Waals surface area contributed by atoms with Gasteiger partial charge in [0.2, 0.25) is 0 Å². The highest BCUT2D eigenvalue weighted by Gasteiger charge is 2.37. The molecule has 1 aliphatic heterocycles. The second kappa shape index (κ2) is 4.04. The maximum atomic E-state index is 10.6. The first kappa shape index (κ1) is 10.4. The summed E-state index contributed by atoms with van der Waals surface area (Å²) in [4.78, 5) is 10.6. The molecular formula is C8H15NO4. The fourth-order valence-corrected chi connectivity index (χ4v) is 1.48. The van der Waals surface area contributed by atoms with Crippen LogP contribution < -0.4 is 5.32 Å². The quantitative estimate of drug-likeness (QED) is 0.602. The van der Waals surface area contributed by atoms with Crippen molar-refractivity contribution in [1.82, 2.24) is 5.32 Å². The lowest BCUT2D eigenvalue weighted by atomic mass is 10.00. The molecule has 5 heteroatoms. The average molecular weight is 189 g/mol. The van der Waals surface area contributed by atoms with E-state index in [-0.39, 0.29) is 0 Å². The number of carbonyl (C=O) groups is 1. The summed E-state index contributed by atoms with van der Waals surface area (Å²) in [5.41, 5.74) is 0. The lowest BCUT2D eigenvalue weighted by molar-refractivity contribution is -0.218. The standard InChI is InChI=1S/C8H15NO4/c1-12-8(13-2)4-3-6(7(10)11)9-5-8/h6,9H,3-5H2,1-2H3,(H,10,11). The molecule has 5 nitrogen and oxygen atoms in total. The number of aliphatic carboxylic acids is 1. The minimum absolute atomic E-state index is 0.414. The molecule has 1 fully saturated rings. The molecule has 1 rings (SSSR count). The molecule has 1 aliphatic rings.